The van der Waals surface area contributed by atoms with Crippen LogP contribution in [0, 0.1) is 0 Å². The zero-order chi connectivity index (χ0) is 17.5. The van der Waals surface area contributed by atoms with Crippen LogP contribution in [0.2, 0.25) is 0 Å². The molecule has 1 nitrogen and oxygen atoms in total. The lowest BCUT2D eigenvalue weighted by Crippen LogP contribution is -1.96. The third-order valence-electron chi connectivity index (χ3n) is 4.20. The van der Waals surface area contributed by atoms with Crippen molar-refractivity contribution in [3.8, 4) is 5.75 Å². The van der Waals surface area contributed by atoms with Crippen molar-refractivity contribution in [1.82, 2.24) is 0 Å². The van der Waals surface area contributed by atoms with Crippen molar-refractivity contribution in [2.24, 2.45) is 0 Å². The maximum Gasteiger partial charge on any atom is 0.115 e. The predicted molar refractivity (Wildman–Crippen MR) is 107 cm³/mol. The van der Waals surface area contributed by atoms with Crippen LogP contribution in [-0.4, -0.2) is 11.0 Å². The summed E-state index contributed by atoms with van der Waals surface area (Å²) >= 11 is 5.99. The van der Waals surface area contributed by atoms with Crippen LogP contribution >= 0.6 is 11.6 Å². The zero-order valence-corrected chi connectivity index (χ0v) is 14.8. The first-order chi connectivity index (χ1) is 12.3. The fourth-order valence-corrected chi connectivity index (χ4v) is 3.18. The molecular weight excluding hydrogens is 328 g/mol. The van der Waals surface area contributed by atoms with Gasteiger partial charge in [-0.1, -0.05) is 72.8 Å². The van der Waals surface area contributed by atoms with Crippen LogP contribution in [-0.2, 0) is 0 Å². The first-order valence-corrected chi connectivity index (χ1v) is 9.02. The molecule has 0 aliphatic carbocycles. The van der Waals surface area contributed by atoms with E-state index >= 15 is 0 Å². The summed E-state index contributed by atoms with van der Waals surface area (Å²) in [6.45, 7) is 0. The fourth-order valence-electron chi connectivity index (χ4n) is 3.04. The second-order valence-corrected chi connectivity index (χ2v) is 6.30. The van der Waals surface area contributed by atoms with Gasteiger partial charge in [0.2, 0.25) is 0 Å². The molecule has 0 fully saturated rings. The Labute approximate surface area is 154 Å². The second-order valence-electron chi connectivity index (χ2n) is 5.93. The van der Waals surface area contributed by atoms with Gasteiger partial charge in [-0.25, -0.2) is 0 Å². The molecule has 3 rings (SSSR count). The molecule has 0 unspecified atom stereocenters. The van der Waals surface area contributed by atoms with E-state index in [-0.39, 0.29) is 5.75 Å². The molecule has 0 radical (unpaired) electrons. The molecule has 0 aliphatic rings. The highest BCUT2D eigenvalue weighted by Gasteiger charge is 2.13. The maximum atomic E-state index is 9.67. The van der Waals surface area contributed by atoms with E-state index in [0.717, 1.165) is 18.4 Å². The van der Waals surface area contributed by atoms with Crippen molar-refractivity contribution in [2.75, 3.05) is 5.88 Å². The Morgan fingerprint density at radius 3 is 1.76 bits per heavy atom. The van der Waals surface area contributed by atoms with Gasteiger partial charge in [-0.05, 0) is 52.8 Å². The van der Waals surface area contributed by atoms with Crippen molar-refractivity contribution in [2.45, 2.75) is 12.8 Å². The van der Waals surface area contributed by atoms with Gasteiger partial charge in [0.25, 0.3) is 0 Å². The van der Waals surface area contributed by atoms with Gasteiger partial charge in [0.15, 0.2) is 0 Å². The Hall–Kier alpha value is -2.51. The second kappa shape index (κ2) is 8.55. The standard InChI is InChI=1S/C23H21ClO/c24-17-7-12-22(18-8-3-1-4-9-18)23(19-10-5-2-6-11-19)20-13-15-21(25)16-14-20/h1-6,8-11,13-16,25H,7,12,17H2. The maximum absolute atomic E-state index is 9.67. The number of halogens is 1. The Bertz CT molecular complexity index is 821. The van der Waals surface area contributed by atoms with Crippen LogP contribution in [0.25, 0.3) is 11.1 Å². The molecule has 0 spiro atoms. The van der Waals surface area contributed by atoms with Gasteiger partial charge in [0.05, 0.1) is 0 Å². The van der Waals surface area contributed by atoms with Crippen molar-refractivity contribution in [3.63, 3.8) is 0 Å². The Kier molecular flexibility index (Phi) is 5.92. The molecule has 0 aromatic heterocycles. The number of allylic oxidation sites excluding steroid dienone is 1. The topological polar surface area (TPSA) is 20.2 Å². The van der Waals surface area contributed by atoms with Crippen molar-refractivity contribution in [3.05, 3.63) is 102 Å². The quantitative estimate of drug-likeness (QED) is 0.405. The summed E-state index contributed by atoms with van der Waals surface area (Å²) in [6, 6.07) is 28.3. The Morgan fingerprint density at radius 1 is 0.680 bits per heavy atom. The van der Waals surface area contributed by atoms with Crippen molar-refractivity contribution < 1.29 is 5.11 Å². The van der Waals surface area contributed by atoms with E-state index in [0.29, 0.717) is 5.88 Å². The molecule has 0 atom stereocenters. The lowest BCUT2D eigenvalue weighted by molar-refractivity contribution is 0.475. The largest absolute Gasteiger partial charge is 0.508 e. The van der Waals surface area contributed by atoms with E-state index in [1.807, 2.05) is 24.3 Å². The summed E-state index contributed by atoms with van der Waals surface area (Å²) in [5.74, 6) is 0.909. The molecule has 0 saturated carbocycles. The van der Waals surface area contributed by atoms with Crippen LogP contribution in [0.1, 0.15) is 29.5 Å². The van der Waals surface area contributed by atoms with E-state index in [1.54, 1.807) is 12.1 Å². The van der Waals surface area contributed by atoms with Gasteiger partial charge in [-0.3, -0.25) is 0 Å². The molecule has 0 saturated heterocycles. The lowest BCUT2D eigenvalue weighted by Gasteiger charge is -2.17. The molecule has 1 N–H and O–H groups in total. The van der Waals surface area contributed by atoms with E-state index < -0.39 is 0 Å². The summed E-state index contributed by atoms with van der Waals surface area (Å²) in [6.07, 6.45) is 1.82. The molecule has 0 bridgehead atoms. The number of rotatable bonds is 6. The number of alkyl halides is 1. The van der Waals surface area contributed by atoms with Gasteiger partial charge in [-0.2, -0.15) is 0 Å². The number of hydrogen-bond donors (Lipinski definition) is 1. The van der Waals surface area contributed by atoms with Gasteiger partial charge in [0, 0.05) is 5.88 Å². The molecule has 0 amide bonds. The summed E-state index contributed by atoms with van der Waals surface area (Å²) in [7, 11) is 0. The van der Waals surface area contributed by atoms with E-state index in [9.17, 15) is 5.11 Å². The number of hydrogen-bond acceptors (Lipinski definition) is 1. The van der Waals surface area contributed by atoms with Gasteiger partial charge in [0.1, 0.15) is 5.75 Å². The van der Waals surface area contributed by atoms with Crippen LogP contribution in [0.5, 0.6) is 5.75 Å². The average molecular weight is 349 g/mol. The third-order valence-corrected chi connectivity index (χ3v) is 4.47. The normalized spacial score (nSPS) is 11.9. The molecule has 0 aliphatic heterocycles. The predicted octanol–water partition coefficient (Wildman–Crippen LogP) is 6.37. The van der Waals surface area contributed by atoms with Gasteiger partial charge in [-0.15, -0.1) is 11.6 Å². The summed E-state index contributed by atoms with van der Waals surface area (Å²) in [5.41, 5.74) is 5.94. The minimum absolute atomic E-state index is 0.276. The molecular formula is C23H21ClO. The first-order valence-electron chi connectivity index (χ1n) is 8.49. The van der Waals surface area contributed by atoms with Gasteiger partial charge < -0.3 is 5.11 Å². The number of phenols is 1. The third kappa shape index (κ3) is 4.32. The van der Waals surface area contributed by atoms with Crippen LogP contribution in [0.4, 0.5) is 0 Å². The highest BCUT2D eigenvalue weighted by Crippen LogP contribution is 2.35. The molecule has 25 heavy (non-hydrogen) atoms. The highest BCUT2D eigenvalue weighted by molar-refractivity contribution is 6.17. The van der Waals surface area contributed by atoms with E-state index in [1.165, 1.54) is 22.3 Å². The SMILES string of the molecule is Oc1ccc(C(=C(CCCCl)c2ccccc2)c2ccccc2)cc1. The van der Waals surface area contributed by atoms with Crippen LogP contribution in [0.15, 0.2) is 84.9 Å². The minimum Gasteiger partial charge on any atom is -0.508 e. The van der Waals surface area contributed by atoms with Crippen molar-refractivity contribution >= 4 is 22.7 Å². The van der Waals surface area contributed by atoms with Crippen LogP contribution < -0.4 is 0 Å². The summed E-state index contributed by atoms with van der Waals surface area (Å²) < 4.78 is 0. The molecule has 0 heterocycles. The highest BCUT2D eigenvalue weighted by atomic mass is 35.5. The lowest BCUT2D eigenvalue weighted by atomic mass is 9.87. The van der Waals surface area contributed by atoms with E-state index in [2.05, 4.69) is 48.5 Å². The molecule has 126 valence electrons. The van der Waals surface area contributed by atoms with Gasteiger partial charge >= 0.3 is 0 Å². The Balaban J connectivity index is 2.24. The first kappa shape index (κ1) is 17.3. The van der Waals surface area contributed by atoms with Crippen LogP contribution in [0.3, 0.4) is 0 Å². The van der Waals surface area contributed by atoms with Crippen molar-refractivity contribution in [1.29, 1.82) is 0 Å². The number of phenolic OH excluding ortho intramolecular Hbond substituents is 1. The number of benzene rings is 3. The Morgan fingerprint density at radius 2 is 1.20 bits per heavy atom. The molecule has 2 heteroatoms. The summed E-state index contributed by atoms with van der Waals surface area (Å²) in [5, 5.41) is 9.67. The average Bonchev–Trinajstić information content (AvgIpc) is 2.67. The number of aromatic hydroxyl groups is 1. The fraction of sp³-hybridized carbons (Fsp3) is 0.130. The summed E-state index contributed by atoms with van der Waals surface area (Å²) in [4.78, 5) is 0. The molecule has 3 aromatic rings. The van der Waals surface area contributed by atoms with E-state index in [4.69, 9.17) is 11.6 Å². The minimum atomic E-state index is 0.276. The monoisotopic (exact) mass is 348 g/mol. The molecule has 3 aromatic carbocycles. The zero-order valence-electron chi connectivity index (χ0n) is 14.0. The smallest absolute Gasteiger partial charge is 0.115 e.